The van der Waals surface area contributed by atoms with Gasteiger partial charge in [-0.3, -0.25) is 9.97 Å². The normalized spacial score (nSPS) is 11.2. The largest absolute Gasteiger partial charge is 0.251 e. The minimum absolute atomic E-state index is 0.968. The molecule has 0 amide bonds. The number of hydrogen-bond donors (Lipinski definition) is 0. The zero-order valence-electron chi connectivity index (χ0n) is 12.7. The predicted molar refractivity (Wildman–Crippen MR) is 92.0 cm³/mol. The van der Waals surface area contributed by atoms with E-state index >= 15 is 0 Å². The summed E-state index contributed by atoms with van der Waals surface area (Å²) >= 11 is 0. The molecule has 2 heteroatoms. The summed E-state index contributed by atoms with van der Waals surface area (Å²) < 4.78 is 0. The van der Waals surface area contributed by atoms with Crippen molar-refractivity contribution in [3.8, 4) is 11.4 Å². The highest BCUT2D eigenvalue weighted by Crippen LogP contribution is 2.31. The second-order valence-corrected chi connectivity index (χ2v) is 5.67. The lowest BCUT2D eigenvalue weighted by molar-refractivity contribution is 1.17. The van der Waals surface area contributed by atoms with Crippen molar-refractivity contribution >= 4 is 21.5 Å². The van der Waals surface area contributed by atoms with Crippen LogP contribution in [0.3, 0.4) is 0 Å². The number of aryl methyl sites for hydroxylation is 2. The molecule has 106 valence electrons. The van der Waals surface area contributed by atoms with Gasteiger partial charge in [0.25, 0.3) is 0 Å². The Bertz CT molecular complexity index is 920. The van der Waals surface area contributed by atoms with Crippen molar-refractivity contribution in [2.45, 2.75) is 13.8 Å². The Labute approximate surface area is 129 Å². The third-order valence-electron chi connectivity index (χ3n) is 3.96. The number of fused-ring (bicyclic) bond motifs is 2. The Balaban J connectivity index is 2.16. The van der Waals surface area contributed by atoms with E-state index in [1.807, 2.05) is 13.8 Å². The Morgan fingerprint density at radius 1 is 0.591 bits per heavy atom. The quantitative estimate of drug-likeness (QED) is 0.488. The molecule has 4 rings (SSSR count). The van der Waals surface area contributed by atoms with E-state index in [4.69, 9.17) is 9.97 Å². The molecule has 2 nitrogen and oxygen atoms in total. The molecular weight excluding hydrogens is 268 g/mol. The highest BCUT2D eigenvalue weighted by Gasteiger charge is 2.12. The first-order valence-corrected chi connectivity index (χ1v) is 7.45. The van der Waals surface area contributed by atoms with Crippen molar-refractivity contribution < 1.29 is 0 Å². The van der Waals surface area contributed by atoms with Gasteiger partial charge in [0, 0.05) is 22.2 Å². The molecule has 0 radical (unpaired) electrons. The van der Waals surface area contributed by atoms with Crippen molar-refractivity contribution in [2.24, 2.45) is 0 Å². The fourth-order valence-corrected chi connectivity index (χ4v) is 3.03. The van der Waals surface area contributed by atoms with Crippen LogP contribution in [0.25, 0.3) is 32.9 Å². The second-order valence-electron chi connectivity index (χ2n) is 5.67. The van der Waals surface area contributed by atoms with E-state index in [0.717, 1.165) is 33.5 Å². The van der Waals surface area contributed by atoms with Crippen molar-refractivity contribution in [1.82, 2.24) is 9.97 Å². The molecule has 2 aromatic carbocycles. The summed E-state index contributed by atoms with van der Waals surface area (Å²) in [6.07, 6.45) is 0. The minimum atomic E-state index is 0.968. The molecule has 2 aromatic heterocycles. The molecule has 0 aliphatic heterocycles. The molecule has 0 aliphatic carbocycles. The van der Waals surface area contributed by atoms with Gasteiger partial charge in [0.05, 0.1) is 11.4 Å². The topological polar surface area (TPSA) is 25.8 Å². The van der Waals surface area contributed by atoms with Gasteiger partial charge in [-0.05, 0) is 36.8 Å². The Kier molecular flexibility index (Phi) is 2.90. The summed E-state index contributed by atoms with van der Waals surface area (Å²) in [7, 11) is 0. The van der Waals surface area contributed by atoms with Crippen LogP contribution in [0, 0.1) is 13.8 Å². The van der Waals surface area contributed by atoms with Gasteiger partial charge in [0.1, 0.15) is 0 Å². The zero-order valence-corrected chi connectivity index (χ0v) is 12.7. The fraction of sp³-hybridized carbons (Fsp3) is 0.100. The SMILES string of the molecule is Cc1cc2ccccc2c(-c2nc(C)cc3ccccc23)n1. The monoisotopic (exact) mass is 284 g/mol. The number of aromatic nitrogens is 2. The van der Waals surface area contributed by atoms with Gasteiger partial charge in [-0.2, -0.15) is 0 Å². The van der Waals surface area contributed by atoms with E-state index in [-0.39, 0.29) is 0 Å². The van der Waals surface area contributed by atoms with Crippen LogP contribution in [-0.4, -0.2) is 9.97 Å². The van der Waals surface area contributed by atoms with E-state index in [1.165, 1.54) is 10.8 Å². The molecule has 0 saturated carbocycles. The van der Waals surface area contributed by atoms with Crippen molar-refractivity contribution in [3.05, 3.63) is 72.1 Å². The first-order valence-electron chi connectivity index (χ1n) is 7.45. The smallest absolute Gasteiger partial charge is 0.0974 e. The van der Waals surface area contributed by atoms with E-state index in [0.29, 0.717) is 0 Å². The molecule has 0 fully saturated rings. The van der Waals surface area contributed by atoms with Crippen LogP contribution in [0.5, 0.6) is 0 Å². The Morgan fingerprint density at radius 2 is 1.00 bits per heavy atom. The molecule has 0 saturated heterocycles. The molecule has 0 unspecified atom stereocenters. The standard InChI is InChI=1S/C20H16N2/c1-13-11-15-7-3-5-9-17(15)19(21-13)20-18-10-6-4-8-16(18)12-14(2)22-20/h3-12H,1-2H3. The van der Waals surface area contributed by atoms with Crippen LogP contribution in [0.4, 0.5) is 0 Å². The maximum absolute atomic E-state index is 4.80. The Morgan fingerprint density at radius 3 is 1.45 bits per heavy atom. The summed E-state index contributed by atoms with van der Waals surface area (Å²) in [4.78, 5) is 9.60. The number of rotatable bonds is 1. The second kappa shape index (κ2) is 4.92. The van der Waals surface area contributed by atoms with Crippen LogP contribution >= 0.6 is 0 Å². The van der Waals surface area contributed by atoms with Gasteiger partial charge in [0.15, 0.2) is 0 Å². The van der Waals surface area contributed by atoms with E-state index in [1.54, 1.807) is 0 Å². The van der Waals surface area contributed by atoms with E-state index in [9.17, 15) is 0 Å². The first-order chi connectivity index (χ1) is 10.7. The maximum Gasteiger partial charge on any atom is 0.0974 e. The van der Waals surface area contributed by atoms with Gasteiger partial charge in [-0.15, -0.1) is 0 Å². The molecule has 22 heavy (non-hydrogen) atoms. The summed E-state index contributed by atoms with van der Waals surface area (Å²) in [5.74, 6) is 0. The van der Waals surface area contributed by atoms with Crippen LogP contribution in [0.1, 0.15) is 11.4 Å². The molecule has 0 aliphatic rings. The minimum Gasteiger partial charge on any atom is -0.251 e. The number of nitrogens with zero attached hydrogens (tertiary/aromatic N) is 2. The lowest BCUT2D eigenvalue weighted by atomic mass is 10.0. The summed E-state index contributed by atoms with van der Waals surface area (Å²) in [5, 5.41) is 4.71. The fourth-order valence-electron chi connectivity index (χ4n) is 3.03. The summed E-state index contributed by atoms with van der Waals surface area (Å²) in [6, 6.07) is 21.0. The van der Waals surface area contributed by atoms with Crippen LogP contribution in [0.2, 0.25) is 0 Å². The zero-order chi connectivity index (χ0) is 15.1. The summed E-state index contributed by atoms with van der Waals surface area (Å²) in [5.41, 5.74) is 3.97. The van der Waals surface area contributed by atoms with Gasteiger partial charge < -0.3 is 0 Å². The van der Waals surface area contributed by atoms with Crippen LogP contribution < -0.4 is 0 Å². The van der Waals surface area contributed by atoms with E-state index < -0.39 is 0 Å². The number of pyridine rings is 2. The molecule has 0 spiro atoms. The average molecular weight is 284 g/mol. The molecule has 0 N–H and O–H groups in total. The lowest BCUT2D eigenvalue weighted by Gasteiger charge is -2.11. The highest BCUT2D eigenvalue weighted by molar-refractivity contribution is 6.02. The third-order valence-corrected chi connectivity index (χ3v) is 3.96. The molecular formula is C20H16N2. The van der Waals surface area contributed by atoms with Gasteiger partial charge >= 0.3 is 0 Å². The lowest BCUT2D eigenvalue weighted by Crippen LogP contribution is -1.95. The third kappa shape index (κ3) is 2.04. The van der Waals surface area contributed by atoms with Crippen molar-refractivity contribution in [1.29, 1.82) is 0 Å². The van der Waals surface area contributed by atoms with Crippen molar-refractivity contribution in [2.75, 3.05) is 0 Å². The average Bonchev–Trinajstić information content (AvgIpc) is 2.53. The summed E-state index contributed by atoms with van der Waals surface area (Å²) in [6.45, 7) is 4.07. The molecule has 0 bridgehead atoms. The van der Waals surface area contributed by atoms with Gasteiger partial charge in [-0.1, -0.05) is 48.5 Å². The molecule has 4 aromatic rings. The van der Waals surface area contributed by atoms with Gasteiger partial charge in [0.2, 0.25) is 0 Å². The number of hydrogen-bond acceptors (Lipinski definition) is 2. The first kappa shape index (κ1) is 13.0. The Hall–Kier alpha value is -2.74. The van der Waals surface area contributed by atoms with Crippen LogP contribution in [0.15, 0.2) is 60.7 Å². The highest BCUT2D eigenvalue weighted by atomic mass is 14.8. The predicted octanol–water partition coefficient (Wildman–Crippen LogP) is 5.07. The molecule has 2 heterocycles. The number of benzene rings is 2. The van der Waals surface area contributed by atoms with Crippen LogP contribution in [-0.2, 0) is 0 Å². The van der Waals surface area contributed by atoms with Gasteiger partial charge in [-0.25, -0.2) is 0 Å². The van der Waals surface area contributed by atoms with E-state index in [2.05, 4.69) is 60.7 Å². The maximum atomic E-state index is 4.80. The van der Waals surface area contributed by atoms with Crippen molar-refractivity contribution in [3.63, 3.8) is 0 Å². The molecule has 0 atom stereocenters.